The number of aliphatic hydroxyl groups excluding tert-OH is 1. The minimum atomic E-state index is -1.59. The molecule has 0 rings (SSSR count). The molecule has 0 saturated heterocycles. The first kappa shape index (κ1) is 15.7. The van der Waals surface area contributed by atoms with Crippen molar-refractivity contribution in [3.63, 3.8) is 0 Å². The van der Waals surface area contributed by atoms with Crippen LogP contribution in [0.5, 0.6) is 0 Å². The van der Waals surface area contributed by atoms with E-state index >= 15 is 0 Å². The summed E-state index contributed by atoms with van der Waals surface area (Å²) in [5.74, 6) is 0.985. The van der Waals surface area contributed by atoms with Gasteiger partial charge in [0.1, 0.15) is 0 Å². The molecule has 0 aromatic carbocycles. The van der Waals surface area contributed by atoms with Crippen LogP contribution < -0.4 is 0 Å². The Kier molecular flexibility index (Phi) is 5.27. The molecule has 96 valence electrons. The summed E-state index contributed by atoms with van der Waals surface area (Å²) in [7, 11) is -1.59. The third-order valence-electron chi connectivity index (χ3n) is 2.52. The lowest BCUT2D eigenvalue weighted by Crippen LogP contribution is -2.36. The second kappa shape index (κ2) is 5.37. The minimum Gasteiger partial charge on any atom is -0.547 e. The van der Waals surface area contributed by atoms with Crippen LogP contribution in [0.15, 0.2) is 11.8 Å². The largest absolute Gasteiger partial charge is 0.547 e. The van der Waals surface area contributed by atoms with Gasteiger partial charge in [0, 0.05) is 5.92 Å². The van der Waals surface area contributed by atoms with Crippen LogP contribution in [-0.2, 0) is 4.43 Å². The van der Waals surface area contributed by atoms with Gasteiger partial charge in [-0.3, -0.25) is 0 Å². The van der Waals surface area contributed by atoms with Gasteiger partial charge in [0.05, 0.1) is 11.9 Å². The van der Waals surface area contributed by atoms with Crippen molar-refractivity contribution in [3.8, 4) is 0 Å². The minimum absolute atomic E-state index is 0.0525. The molecular weight excluding hydrogens is 216 g/mol. The zero-order chi connectivity index (χ0) is 13.1. The Morgan fingerprint density at radius 3 is 1.94 bits per heavy atom. The summed E-state index contributed by atoms with van der Waals surface area (Å²) in [4.78, 5) is 0. The van der Waals surface area contributed by atoms with Gasteiger partial charge in [-0.1, -0.05) is 33.8 Å². The van der Waals surface area contributed by atoms with Crippen molar-refractivity contribution in [1.29, 1.82) is 0 Å². The van der Waals surface area contributed by atoms with Gasteiger partial charge < -0.3 is 9.53 Å². The van der Waals surface area contributed by atoms with Gasteiger partial charge in [-0.2, -0.15) is 0 Å². The Morgan fingerprint density at radius 2 is 1.69 bits per heavy atom. The predicted molar refractivity (Wildman–Crippen MR) is 72.8 cm³/mol. The van der Waals surface area contributed by atoms with Crippen molar-refractivity contribution in [1.82, 2.24) is 0 Å². The van der Waals surface area contributed by atoms with E-state index in [0.29, 0.717) is 0 Å². The highest BCUT2D eigenvalue weighted by Gasteiger charge is 2.32. The van der Waals surface area contributed by atoms with Crippen molar-refractivity contribution in [2.24, 2.45) is 11.3 Å². The number of hydrogen-bond donors (Lipinski definition) is 1. The quantitative estimate of drug-likeness (QED) is 0.602. The van der Waals surface area contributed by atoms with Gasteiger partial charge in [-0.05, 0) is 32.0 Å². The summed E-state index contributed by atoms with van der Waals surface area (Å²) in [6, 6.07) is 0. The fourth-order valence-corrected chi connectivity index (χ4v) is 2.68. The second-order valence-corrected chi connectivity index (χ2v) is 10.9. The molecule has 3 heteroatoms. The van der Waals surface area contributed by atoms with E-state index in [-0.39, 0.29) is 17.4 Å². The topological polar surface area (TPSA) is 29.5 Å². The van der Waals surface area contributed by atoms with Crippen LogP contribution in [0, 0.1) is 11.3 Å². The summed E-state index contributed by atoms with van der Waals surface area (Å²) in [6.07, 6.45) is 1.60. The van der Waals surface area contributed by atoms with E-state index in [1.54, 1.807) is 0 Å². The highest BCUT2D eigenvalue weighted by atomic mass is 28.4. The molecule has 2 atom stereocenters. The molecule has 0 amide bonds. The van der Waals surface area contributed by atoms with Crippen LogP contribution in [0.25, 0.3) is 0 Å². The van der Waals surface area contributed by atoms with Crippen LogP contribution >= 0.6 is 0 Å². The van der Waals surface area contributed by atoms with E-state index in [4.69, 9.17) is 4.43 Å². The van der Waals surface area contributed by atoms with Gasteiger partial charge in [0.15, 0.2) is 0 Å². The summed E-state index contributed by atoms with van der Waals surface area (Å²) in [5, 5.41) is 10.2. The first-order chi connectivity index (χ1) is 6.99. The van der Waals surface area contributed by atoms with E-state index in [1.807, 2.05) is 19.9 Å². The fraction of sp³-hybridized carbons (Fsp3) is 0.846. The molecule has 0 saturated carbocycles. The summed E-state index contributed by atoms with van der Waals surface area (Å²) >= 11 is 0. The molecule has 0 aromatic rings. The Bertz CT molecular complexity index is 246. The molecule has 1 N–H and O–H groups in total. The number of aliphatic hydroxyl groups is 1. The van der Waals surface area contributed by atoms with Gasteiger partial charge in [0.25, 0.3) is 0 Å². The molecule has 0 radical (unpaired) electrons. The summed E-state index contributed by atoms with van der Waals surface area (Å²) in [6.45, 7) is 16.6. The maximum absolute atomic E-state index is 10.2. The third-order valence-corrected chi connectivity index (χ3v) is 3.37. The van der Waals surface area contributed by atoms with E-state index in [0.717, 1.165) is 5.76 Å². The monoisotopic (exact) mass is 244 g/mol. The lowest BCUT2D eigenvalue weighted by atomic mass is 9.81. The summed E-state index contributed by atoms with van der Waals surface area (Å²) < 4.78 is 6.01. The van der Waals surface area contributed by atoms with Gasteiger partial charge in [-0.25, -0.2) is 0 Å². The van der Waals surface area contributed by atoms with Crippen molar-refractivity contribution in [3.05, 3.63) is 11.8 Å². The molecule has 16 heavy (non-hydrogen) atoms. The van der Waals surface area contributed by atoms with Crippen LogP contribution in [0.4, 0.5) is 0 Å². The molecule has 0 fully saturated rings. The molecule has 0 aliphatic carbocycles. The highest BCUT2D eigenvalue weighted by molar-refractivity contribution is 6.70. The molecule has 0 bridgehead atoms. The van der Waals surface area contributed by atoms with Crippen molar-refractivity contribution in [2.45, 2.75) is 60.4 Å². The maximum atomic E-state index is 10.2. The van der Waals surface area contributed by atoms with Gasteiger partial charge in [0.2, 0.25) is 8.32 Å². The van der Waals surface area contributed by atoms with Crippen molar-refractivity contribution >= 4 is 8.32 Å². The molecule has 0 aromatic heterocycles. The molecule has 0 spiro atoms. The Morgan fingerprint density at radius 1 is 1.25 bits per heavy atom. The van der Waals surface area contributed by atoms with E-state index in [9.17, 15) is 5.11 Å². The molecule has 0 unspecified atom stereocenters. The predicted octanol–water partition coefficient (Wildman–Crippen LogP) is 3.78. The lowest BCUT2D eigenvalue weighted by Gasteiger charge is -2.34. The maximum Gasteiger partial charge on any atom is 0.241 e. The number of rotatable bonds is 4. The van der Waals surface area contributed by atoms with Crippen LogP contribution in [-0.4, -0.2) is 19.5 Å². The number of allylic oxidation sites excluding steroid dienone is 1. The Balaban J connectivity index is 4.75. The third kappa shape index (κ3) is 5.17. The van der Waals surface area contributed by atoms with Crippen LogP contribution in [0.3, 0.4) is 0 Å². The normalized spacial score (nSPS) is 18.2. The molecular formula is C13H28O2Si. The number of hydrogen-bond acceptors (Lipinski definition) is 2. The smallest absolute Gasteiger partial charge is 0.241 e. The first-order valence-electron chi connectivity index (χ1n) is 6.02. The summed E-state index contributed by atoms with van der Waals surface area (Å²) in [5.41, 5.74) is -0.115. The van der Waals surface area contributed by atoms with E-state index < -0.39 is 8.32 Å². The molecule has 0 aliphatic rings. The SMILES string of the molecule is C/C=C(/O[Si](C)(C)C)[C@@H](C)[C@@H](O)C(C)(C)C. The van der Waals surface area contributed by atoms with Gasteiger partial charge >= 0.3 is 0 Å². The Labute approximate surface area is 102 Å². The fourth-order valence-electron chi connectivity index (χ4n) is 1.67. The van der Waals surface area contributed by atoms with E-state index in [1.165, 1.54) is 0 Å². The molecule has 0 heterocycles. The van der Waals surface area contributed by atoms with Crippen LogP contribution in [0.2, 0.25) is 19.6 Å². The standard InChI is InChI=1S/C13H28O2Si/c1-9-11(15-16(6,7)8)10(2)12(14)13(3,4)5/h9-10,12,14H,1-8H3/b11-9+/t10-,12-/m1/s1. The lowest BCUT2D eigenvalue weighted by molar-refractivity contribution is 0.0186. The van der Waals surface area contributed by atoms with Crippen molar-refractivity contribution < 1.29 is 9.53 Å². The molecule has 2 nitrogen and oxygen atoms in total. The molecule has 0 aliphatic heterocycles. The zero-order valence-corrected chi connectivity index (χ0v) is 13.1. The first-order valence-corrected chi connectivity index (χ1v) is 9.43. The van der Waals surface area contributed by atoms with E-state index in [2.05, 4.69) is 40.4 Å². The van der Waals surface area contributed by atoms with Gasteiger partial charge in [-0.15, -0.1) is 0 Å². The Hall–Kier alpha value is -0.283. The van der Waals surface area contributed by atoms with Crippen molar-refractivity contribution in [2.75, 3.05) is 0 Å². The highest BCUT2D eigenvalue weighted by Crippen LogP contribution is 2.30. The van der Waals surface area contributed by atoms with Crippen LogP contribution in [0.1, 0.15) is 34.6 Å². The second-order valence-electron chi connectivity index (χ2n) is 6.51. The average molecular weight is 244 g/mol. The average Bonchev–Trinajstić information content (AvgIpc) is 2.08. The zero-order valence-electron chi connectivity index (χ0n) is 12.1.